The first-order valence-electron chi connectivity index (χ1n) is 9.54. The highest BCUT2D eigenvalue weighted by Crippen LogP contribution is 2.30. The van der Waals surface area contributed by atoms with Crippen LogP contribution in [-0.4, -0.2) is 46.5 Å². The zero-order chi connectivity index (χ0) is 20.1. The van der Waals surface area contributed by atoms with Gasteiger partial charge < -0.3 is 20.3 Å². The maximum atomic E-state index is 5.46. The van der Waals surface area contributed by atoms with Crippen LogP contribution in [-0.2, 0) is 4.74 Å². The summed E-state index contributed by atoms with van der Waals surface area (Å²) in [7, 11) is 0. The lowest BCUT2D eigenvalue weighted by Crippen LogP contribution is -2.34. The molecular weight excluding hydrogens is 382 g/mol. The first-order valence-corrected chi connectivity index (χ1v) is 10.3. The highest BCUT2D eigenvalue weighted by atomic mass is 32.1. The van der Waals surface area contributed by atoms with Gasteiger partial charge in [0.05, 0.1) is 24.9 Å². The summed E-state index contributed by atoms with van der Waals surface area (Å²) in [6.45, 7) is 10.3. The fraction of sp³-hybridized carbons (Fsp3) is 0.273. The van der Waals surface area contributed by atoms with Gasteiger partial charge in [0.15, 0.2) is 11.6 Å². The molecule has 1 fully saturated rings. The van der Waals surface area contributed by atoms with Gasteiger partial charge in [-0.1, -0.05) is 30.2 Å². The number of allylic oxidation sites excluding steroid dienone is 2. The van der Waals surface area contributed by atoms with Gasteiger partial charge in [-0.2, -0.15) is 8.75 Å². The van der Waals surface area contributed by atoms with Crippen LogP contribution in [0.2, 0.25) is 0 Å². The lowest BCUT2D eigenvalue weighted by Gasteiger charge is -2.31. The Kier molecular flexibility index (Phi) is 5.94. The van der Waals surface area contributed by atoms with E-state index in [-0.39, 0.29) is 0 Å². The number of nitrogens with zero attached hydrogens (tertiary/aromatic N) is 3. The predicted octanol–water partition coefficient (Wildman–Crippen LogP) is 4.11. The Labute approximate surface area is 174 Å². The van der Waals surface area contributed by atoms with Gasteiger partial charge in [-0.15, -0.1) is 0 Å². The fourth-order valence-electron chi connectivity index (χ4n) is 3.28. The Morgan fingerprint density at radius 3 is 2.86 bits per heavy atom. The molecule has 2 aromatic rings. The summed E-state index contributed by atoms with van der Waals surface area (Å²) in [5.41, 5.74) is 11.3. The van der Waals surface area contributed by atoms with E-state index in [4.69, 9.17) is 4.74 Å². The molecule has 29 heavy (non-hydrogen) atoms. The Morgan fingerprint density at radius 1 is 1.24 bits per heavy atom. The van der Waals surface area contributed by atoms with E-state index in [1.54, 1.807) is 0 Å². The molecule has 0 bridgehead atoms. The van der Waals surface area contributed by atoms with Gasteiger partial charge in [0.2, 0.25) is 0 Å². The molecule has 2 aliphatic rings. The van der Waals surface area contributed by atoms with Crippen molar-refractivity contribution in [2.24, 2.45) is 0 Å². The number of ether oxygens (including phenoxy) is 1. The number of rotatable bonds is 7. The highest BCUT2D eigenvalue weighted by Gasteiger charge is 2.17. The average molecular weight is 406 g/mol. The second-order valence-electron chi connectivity index (χ2n) is 6.81. The maximum Gasteiger partial charge on any atom is 0.188 e. The van der Waals surface area contributed by atoms with Crippen molar-refractivity contribution in [3.8, 4) is 0 Å². The molecule has 1 aromatic carbocycles. The van der Waals surface area contributed by atoms with Crippen molar-refractivity contribution in [1.29, 1.82) is 0 Å². The first kappa shape index (κ1) is 19.2. The number of anilines is 3. The summed E-state index contributed by atoms with van der Waals surface area (Å²) in [6, 6.07) is 6.20. The highest BCUT2D eigenvalue weighted by molar-refractivity contribution is 6.99. The van der Waals surface area contributed by atoms with Crippen molar-refractivity contribution >= 4 is 34.7 Å². The number of aromatic nitrogens is 2. The molecule has 2 heterocycles. The van der Waals surface area contributed by atoms with Crippen LogP contribution in [0.25, 0.3) is 5.70 Å². The van der Waals surface area contributed by atoms with E-state index >= 15 is 0 Å². The molecule has 1 aromatic heterocycles. The van der Waals surface area contributed by atoms with Crippen molar-refractivity contribution in [2.45, 2.75) is 6.92 Å². The van der Waals surface area contributed by atoms with Crippen molar-refractivity contribution in [3.63, 3.8) is 0 Å². The monoisotopic (exact) mass is 405 g/mol. The first-order chi connectivity index (χ1) is 14.2. The van der Waals surface area contributed by atoms with Crippen molar-refractivity contribution in [1.82, 2.24) is 13.6 Å². The van der Waals surface area contributed by atoms with Crippen LogP contribution in [0.3, 0.4) is 0 Å². The third kappa shape index (κ3) is 4.50. The molecule has 4 rings (SSSR count). The van der Waals surface area contributed by atoms with Gasteiger partial charge in [-0.05, 0) is 42.4 Å². The standard InChI is InChI=1S/C22H23N5OS/c1-16-19(17(2)27-11-13-28-14-12-27)9-6-10-20(16)24-22-21(25-29-26-22)23-15-18-7-4-3-5-8-18/h4,6-10H,2,11-15H2,1H3,(H,23,25)(H,24,26). The molecule has 0 atom stereocenters. The van der Waals surface area contributed by atoms with Crippen LogP contribution in [0.5, 0.6) is 0 Å². The zero-order valence-electron chi connectivity index (χ0n) is 16.4. The van der Waals surface area contributed by atoms with E-state index < -0.39 is 0 Å². The number of nitrogens with one attached hydrogen (secondary N) is 2. The summed E-state index contributed by atoms with van der Waals surface area (Å²) in [4.78, 5) is 2.28. The average Bonchev–Trinajstić information content (AvgIpc) is 3.21. The number of hydrogen-bond acceptors (Lipinski definition) is 7. The summed E-state index contributed by atoms with van der Waals surface area (Å²) in [6.07, 6.45) is 5.76. The largest absolute Gasteiger partial charge is 0.378 e. The van der Waals surface area contributed by atoms with E-state index in [1.165, 1.54) is 11.7 Å². The summed E-state index contributed by atoms with van der Waals surface area (Å²) in [5.74, 6) is 1.46. The molecule has 148 valence electrons. The second-order valence-corrected chi connectivity index (χ2v) is 7.33. The minimum Gasteiger partial charge on any atom is -0.378 e. The normalized spacial score (nSPS) is 15.3. The second kappa shape index (κ2) is 8.95. The van der Waals surface area contributed by atoms with E-state index in [1.807, 2.05) is 24.3 Å². The zero-order valence-corrected chi connectivity index (χ0v) is 17.2. The van der Waals surface area contributed by atoms with Gasteiger partial charge >= 0.3 is 0 Å². The van der Waals surface area contributed by atoms with Crippen LogP contribution in [0, 0.1) is 6.92 Å². The van der Waals surface area contributed by atoms with Crippen molar-refractivity contribution in [2.75, 3.05) is 43.5 Å². The SMILES string of the molecule is C=C(c1cccc(Nc2nsnc2NCC2=CC=C=C=C2)c1C)N1CCOCC1. The summed E-state index contributed by atoms with van der Waals surface area (Å²) in [5, 5.41) is 6.77. The molecule has 7 heteroatoms. The van der Waals surface area contributed by atoms with Crippen molar-refractivity contribution < 1.29 is 4.74 Å². The van der Waals surface area contributed by atoms with E-state index in [0.29, 0.717) is 6.54 Å². The predicted molar refractivity (Wildman–Crippen MR) is 119 cm³/mol. The molecule has 0 radical (unpaired) electrons. The topological polar surface area (TPSA) is 62.3 Å². The lowest BCUT2D eigenvalue weighted by molar-refractivity contribution is 0.0640. The van der Waals surface area contributed by atoms with Gasteiger partial charge in [0, 0.05) is 36.6 Å². The molecule has 0 saturated carbocycles. The Morgan fingerprint density at radius 2 is 2.07 bits per heavy atom. The van der Waals surface area contributed by atoms with Crippen LogP contribution in [0.15, 0.2) is 60.0 Å². The molecule has 0 amide bonds. The smallest absolute Gasteiger partial charge is 0.188 e. The molecule has 6 nitrogen and oxygen atoms in total. The Bertz CT molecular complexity index is 1040. The quantitative estimate of drug-likeness (QED) is 0.676. The maximum absolute atomic E-state index is 5.46. The molecule has 1 aliphatic carbocycles. The minimum atomic E-state index is 0.651. The van der Waals surface area contributed by atoms with Crippen LogP contribution >= 0.6 is 11.7 Å². The third-order valence-corrected chi connectivity index (χ3v) is 5.49. The molecule has 0 unspecified atom stereocenters. The van der Waals surface area contributed by atoms with Crippen molar-refractivity contribution in [3.05, 3.63) is 71.2 Å². The van der Waals surface area contributed by atoms with Crippen LogP contribution in [0.4, 0.5) is 17.3 Å². The van der Waals surface area contributed by atoms with E-state index in [0.717, 1.165) is 66.0 Å². The number of morpholine rings is 1. The van der Waals surface area contributed by atoms with Gasteiger partial charge in [-0.25, -0.2) is 0 Å². The molecule has 1 aliphatic heterocycles. The molecular formula is C22H23N5OS. The number of hydrogen-bond donors (Lipinski definition) is 2. The lowest BCUT2D eigenvalue weighted by atomic mass is 10.0. The Balaban J connectivity index is 1.48. The van der Waals surface area contributed by atoms with E-state index in [2.05, 4.69) is 61.4 Å². The van der Waals surface area contributed by atoms with Crippen LogP contribution in [0.1, 0.15) is 11.1 Å². The summed E-state index contributed by atoms with van der Waals surface area (Å²) >= 11 is 1.18. The Hall–Kier alpha value is -3.08. The molecule has 1 saturated heterocycles. The minimum absolute atomic E-state index is 0.651. The number of benzene rings is 1. The van der Waals surface area contributed by atoms with Gasteiger partial charge in [-0.3, -0.25) is 0 Å². The van der Waals surface area contributed by atoms with Crippen LogP contribution < -0.4 is 10.6 Å². The van der Waals surface area contributed by atoms with Gasteiger partial charge in [0.1, 0.15) is 0 Å². The fourth-order valence-corrected chi connectivity index (χ4v) is 3.76. The summed E-state index contributed by atoms with van der Waals surface area (Å²) < 4.78 is 14.3. The van der Waals surface area contributed by atoms with Gasteiger partial charge in [0.25, 0.3) is 0 Å². The molecule has 2 N–H and O–H groups in total. The third-order valence-electron chi connectivity index (χ3n) is 4.96. The van der Waals surface area contributed by atoms with E-state index in [9.17, 15) is 0 Å². The molecule has 0 spiro atoms.